The Hall–Kier alpha value is -1.90. The first kappa shape index (κ1) is 20.8. The average molecular weight is 449 g/mol. The molecule has 2 atom stereocenters. The van der Waals surface area contributed by atoms with Gasteiger partial charge >= 0.3 is 6.18 Å². The van der Waals surface area contributed by atoms with Crippen molar-refractivity contribution >= 4 is 40.2 Å². The fourth-order valence-electron chi connectivity index (χ4n) is 2.91. The molecule has 0 amide bonds. The molecule has 0 spiro atoms. The summed E-state index contributed by atoms with van der Waals surface area (Å²) in [5.41, 5.74) is 8.96. The minimum atomic E-state index is -4.77. The smallest absolute Gasteiger partial charge is 0.264 e. The van der Waals surface area contributed by atoms with E-state index in [1.807, 2.05) is 0 Å². The number of aryl methyl sites for hydroxylation is 1. The molecule has 3 rings (SSSR count). The first-order chi connectivity index (χ1) is 13.1. The Morgan fingerprint density at radius 3 is 2.46 bits per heavy atom. The molecule has 2 unspecified atom stereocenters. The molecule has 2 aromatic rings. The number of rotatable bonds is 4. The van der Waals surface area contributed by atoms with Crippen LogP contribution in [0.25, 0.3) is 16.1 Å². The molecule has 28 heavy (non-hydrogen) atoms. The first-order valence-electron chi connectivity index (χ1n) is 7.92. The molecule has 1 aliphatic rings. The molecule has 0 saturated heterocycles. The number of halogens is 5. The Morgan fingerprint density at radius 2 is 1.89 bits per heavy atom. The highest BCUT2D eigenvalue weighted by Gasteiger charge is 2.59. The summed E-state index contributed by atoms with van der Waals surface area (Å²) in [5, 5.41) is 3.77. The van der Waals surface area contributed by atoms with Gasteiger partial charge in [-0.3, -0.25) is 10.3 Å². The van der Waals surface area contributed by atoms with E-state index in [1.54, 1.807) is 19.9 Å². The number of benzene rings is 1. The molecular formula is C17H13Cl2F3N4OS. The van der Waals surface area contributed by atoms with Crippen molar-refractivity contribution in [2.75, 3.05) is 0 Å². The molecule has 148 valence electrons. The first-order valence-corrected chi connectivity index (χ1v) is 9.49. The zero-order valence-electron chi connectivity index (χ0n) is 14.5. The summed E-state index contributed by atoms with van der Waals surface area (Å²) >= 11 is 13.0. The predicted octanol–water partition coefficient (Wildman–Crippen LogP) is 7.07. The lowest BCUT2D eigenvalue weighted by atomic mass is 9.92. The third-order valence-electron chi connectivity index (χ3n) is 4.21. The number of nitrogens with one attached hydrogen (secondary N) is 1. The van der Waals surface area contributed by atoms with Crippen LogP contribution in [0.5, 0.6) is 0 Å². The van der Waals surface area contributed by atoms with Crippen LogP contribution in [0, 0.1) is 6.92 Å². The van der Waals surface area contributed by atoms with Crippen LogP contribution in [0.1, 0.15) is 33.8 Å². The number of hydroxylamine groups is 1. The van der Waals surface area contributed by atoms with Crippen LogP contribution in [0.15, 0.2) is 35.5 Å². The summed E-state index contributed by atoms with van der Waals surface area (Å²) in [6.45, 7) is 3.51. The third-order valence-corrected chi connectivity index (χ3v) is 6.09. The molecule has 1 aromatic heterocycles. The fourth-order valence-corrected chi connectivity index (χ4v) is 4.55. The third kappa shape index (κ3) is 3.68. The van der Waals surface area contributed by atoms with E-state index in [0.717, 1.165) is 28.6 Å². The number of hydrogen-bond acceptors (Lipinski definition) is 4. The van der Waals surface area contributed by atoms with Crippen molar-refractivity contribution in [2.24, 2.45) is 5.11 Å². The van der Waals surface area contributed by atoms with Crippen molar-refractivity contribution in [2.45, 2.75) is 31.7 Å². The van der Waals surface area contributed by atoms with Gasteiger partial charge in [-0.25, -0.2) is 0 Å². The molecule has 0 radical (unpaired) electrons. The van der Waals surface area contributed by atoms with E-state index >= 15 is 0 Å². The SMILES string of the molecule is Cc1cc(C2=CC(c3cc(Cl)cc(Cl)c3)(C(F)(F)F)ON2)sc1C(C)N=[N+]=[N-]. The quantitative estimate of drug-likeness (QED) is 0.308. The Morgan fingerprint density at radius 1 is 1.25 bits per heavy atom. The molecular weight excluding hydrogens is 436 g/mol. The van der Waals surface area contributed by atoms with Crippen LogP contribution in [0.2, 0.25) is 10.0 Å². The van der Waals surface area contributed by atoms with Crippen molar-refractivity contribution in [3.05, 3.63) is 71.7 Å². The Labute approximate surface area is 172 Å². The summed E-state index contributed by atoms with van der Waals surface area (Å²) in [5.74, 6) is 0. The molecule has 1 aromatic carbocycles. The molecule has 0 saturated carbocycles. The van der Waals surface area contributed by atoms with Gasteiger partial charge in [-0.05, 0) is 48.4 Å². The van der Waals surface area contributed by atoms with E-state index in [2.05, 4.69) is 15.5 Å². The second-order valence-corrected chi connectivity index (χ2v) is 8.15. The van der Waals surface area contributed by atoms with Gasteiger partial charge in [0.25, 0.3) is 0 Å². The molecule has 5 nitrogen and oxygen atoms in total. The van der Waals surface area contributed by atoms with Crippen LogP contribution < -0.4 is 5.48 Å². The maximum Gasteiger partial charge on any atom is 0.428 e. The highest BCUT2D eigenvalue weighted by atomic mass is 35.5. The topological polar surface area (TPSA) is 70.0 Å². The van der Waals surface area contributed by atoms with Gasteiger partial charge in [0.1, 0.15) is 0 Å². The highest BCUT2D eigenvalue weighted by Crippen LogP contribution is 2.49. The van der Waals surface area contributed by atoms with Gasteiger partial charge in [-0.2, -0.15) is 13.2 Å². The molecule has 2 heterocycles. The summed E-state index contributed by atoms with van der Waals surface area (Å²) in [4.78, 5) is 9.11. The van der Waals surface area contributed by atoms with Gasteiger partial charge in [0.2, 0.25) is 5.60 Å². The van der Waals surface area contributed by atoms with Gasteiger partial charge in [-0.1, -0.05) is 35.2 Å². The second-order valence-electron chi connectivity index (χ2n) is 6.19. The average Bonchev–Trinajstić information content (AvgIpc) is 3.18. The fraction of sp³-hybridized carbons (Fsp3) is 0.294. The van der Waals surface area contributed by atoms with Gasteiger partial charge in [0.05, 0.1) is 16.6 Å². The minimum absolute atomic E-state index is 0.0639. The van der Waals surface area contributed by atoms with E-state index in [0.29, 0.717) is 4.88 Å². The Balaban J connectivity index is 2.10. The van der Waals surface area contributed by atoms with Crippen molar-refractivity contribution in [1.82, 2.24) is 5.48 Å². The maximum atomic E-state index is 14.0. The van der Waals surface area contributed by atoms with Gasteiger partial charge in [-0.15, -0.1) is 11.3 Å². The molecule has 0 bridgehead atoms. The number of alkyl halides is 3. The number of hydrogen-bond donors (Lipinski definition) is 1. The van der Waals surface area contributed by atoms with E-state index in [4.69, 9.17) is 33.6 Å². The molecule has 11 heteroatoms. The van der Waals surface area contributed by atoms with Crippen LogP contribution >= 0.6 is 34.5 Å². The number of nitrogens with zero attached hydrogens (tertiary/aromatic N) is 3. The van der Waals surface area contributed by atoms with E-state index < -0.39 is 17.8 Å². The van der Waals surface area contributed by atoms with Gasteiger partial charge < -0.3 is 0 Å². The highest BCUT2D eigenvalue weighted by molar-refractivity contribution is 7.13. The monoisotopic (exact) mass is 448 g/mol. The normalized spacial score (nSPS) is 20.3. The largest absolute Gasteiger partial charge is 0.428 e. The molecule has 1 N–H and O–H groups in total. The standard InChI is InChI=1S/C17H13Cl2F3N4OS/c1-8-3-14(28-15(8)9(2)24-26-23)13-7-16(27-25-13,17(20,21)22)10-4-11(18)6-12(19)5-10/h3-7,9,25H,1-2H3. The van der Waals surface area contributed by atoms with Crippen molar-refractivity contribution < 1.29 is 18.0 Å². The zero-order valence-corrected chi connectivity index (χ0v) is 16.8. The molecule has 0 aliphatic carbocycles. The number of azide groups is 1. The lowest BCUT2D eigenvalue weighted by Crippen LogP contribution is -2.42. The molecule has 1 aliphatic heterocycles. The van der Waals surface area contributed by atoms with Crippen molar-refractivity contribution in [3.8, 4) is 0 Å². The summed E-state index contributed by atoms with van der Waals surface area (Å²) < 4.78 is 42.1. The summed E-state index contributed by atoms with van der Waals surface area (Å²) in [7, 11) is 0. The van der Waals surface area contributed by atoms with Crippen LogP contribution in [-0.2, 0) is 10.4 Å². The lowest BCUT2D eigenvalue weighted by molar-refractivity contribution is -0.269. The molecule has 0 fully saturated rings. The van der Waals surface area contributed by atoms with Gasteiger partial charge in [0.15, 0.2) is 0 Å². The Kier molecular flexibility index (Phi) is 5.58. The van der Waals surface area contributed by atoms with E-state index in [1.165, 1.54) is 17.4 Å². The van der Waals surface area contributed by atoms with Crippen LogP contribution in [-0.4, -0.2) is 6.18 Å². The van der Waals surface area contributed by atoms with E-state index in [9.17, 15) is 13.2 Å². The second kappa shape index (κ2) is 7.50. The zero-order chi connectivity index (χ0) is 20.7. The van der Waals surface area contributed by atoms with Gasteiger partial charge in [0, 0.05) is 25.4 Å². The van der Waals surface area contributed by atoms with E-state index in [-0.39, 0.29) is 21.3 Å². The summed E-state index contributed by atoms with van der Waals surface area (Å²) in [6, 6.07) is 4.94. The Bertz CT molecular complexity index is 981. The number of thiophene rings is 1. The van der Waals surface area contributed by atoms with Crippen LogP contribution in [0.3, 0.4) is 0 Å². The summed E-state index contributed by atoms with van der Waals surface area (Å²) in [6.07, 6.45) is -3.81. The lowest BCUT2D eigenvalue weighted by Gasteiger charge is -2.28. The predicted molar refractivity (Wildman–Crippen MR) is 103 cm³/mol. The van der Waals surface area contributed by atoms with Crippen LogP contribution in [0.4, 0.5) is 13.2 Å². The minimum Gasteiger partial charge on any atom is -0.264 e. The maximum absolute atomic E-state index is 14.0. The van der Waals surface area contributed by atoms with Crippen molar-refractivity contribution in [1.29, 1.82) is 0 Å². The van der Waals surface area contributed by atoms with Crippen molar-refractivity contribution in [3.63, 3.8) is 0 Å².